The summed E-state index contributed by atoms with van der Waals surface area (Å²) in [6.45, 7) is 4.93. The van der Waals surface area contributed by atoms with E-state index in [1.807, 2.05) is 0 Å². The van der Waals surface area contributed by atoms with Gasteiger partial charge in [0.1, 0.15) is 11.2 Å². The molecule has 0 aromatic carbocycles. The summed E-state index contributed by atoms with van der Waals surface area (Å²) in [4.78, 5) is 50.2. The molecule has 1 aliphatic heterocycles. The Labute approximate surface area is 129 Å². The maximum absolute atomic E-state index is 12.9. The summed E-state index contributed by atoms with van der Waals surface area (Å²) in [5.41, 5.74) is -1.53. The molecule has 6 nitrogen and oxygen atoms in total. The molecule has 1 atom stereocenters. The molecule has 2 aliphatic rings. The fourth-order valence-electron chi connectivity index (χ4n) is 3.45. The second-order valence-corrected chi connectivity index (χ2v) is 6.18. The van der Waals surface area contributed by atoms with Gasteiger partial charge >= 0.3 is 6.03 Å². The van der Waals surface area contributed by atoms with E-state index in [1.165, 1.54) is 17.9 Å². The smallest absolute Gasteiger partial charge is 0.300 e. The van der Waals surface area contributed by atoms with Crippen LogP contribution in [0.2, 0.25) is 0 Å². The first-order valence-electron chi connectivity index (χ1n) is 7.72. The van der Waals surface area contributed by atoms with Crippen molar-refractivity contribution in [1.82, 2.24) is 10.2 Å². The van der Waals surface area contributed by atoms with Gasteiger partial charge in [-0.1, -0.05) is 25.3 Å². The number of carbonyl (C=O) groups excluding carboxylic acids is 4. The van der Waals surface area contributed by atoms with Gasteiger partial charge < -0.3 is 0 Å². The number of nitrogens with one attached hydrogen (secondary N) is 1. The summed E-state index contributed by atoms with van der Waals surface area (Å²) in [7, 11) is 0. The minimum Gasteiger partial charge on any atom is -0.300 e. The number of Topliss-reactive ketones (excluding diaryl/α,β-unsaturated/α-hetero) is 1. The normalized spacial score (nSPS) is 26.8. The molecule has 22 heavy (non-hydrogen) atoms. The third-order valence-corrected chi connectivity index (χ3v) is 4.49. The Kier molecular flexibility index (Phi) is 4.78. The lowest BCUT2D eigenvalue weighted by molar-refractivity contribution is -0.155. The van der Waals surface area contributed by atoms with Crippen molar-refractivity contribution >= 4 is 23.6 Å². The minimum absolute atomic E-state index is 0.0494. The SMILES string of the molecule is C=CCC1(CC(C)=O)C(=O)NC(=O)N(C2CCCCC2)C1=O. The van der Waals surface area contributed by atoms with Crippen molar-refractivity contribution in [3.63, 3.8) is 0 Å². The average molecular weight is 306 g/mol. The number of imide groups is 2. The fourth-order valence-corrected chi connectivity index (χ4v) is 3.45. The van der Waals surface area contributed by atoms with Gasteiger partial charge in [-0.15, -0.1) is 6.58 Å². The molecule has 6 heteroatoms. The molecule has 1 saturated carbocycles. The summed E-state index contributed by atoms with van der Waals surface area (Å²) in [5, 5.41) is 2.27. The number of nitrogens with zero attached hydrogens (tertiary/aromatic N) is 1. The van der Waals surface area contributed by atoms with Crippen LogP contribution < -0.4 is 5.32 Å². The number of ketones is 1. The van der Waals surface area contributed by atoms with E-state index in [-0.39, 0.29) is 24.7 Å². The van der Waals surface area contributed by atoms with E-state index >= 15 is 0 Å². The zero-order valence-corrected chi connectivity index (χ0v) is 12.9. The topological polar surface area (TPSA) is 83.6 Å². The maximum atomic E-state index is 12.9. The van der Waals surface area contributed by atoms with Crippen LogP contribution in [-0.2, 0) is 14.4 Å². The number of allylic oxidation sites excluding steroid dienone is 1. The van der Waals surface area contributed by atoms with Gasteiger partial charge in [0, 0.05) is 12.5 Å². The monoisotopic (exact) mass is 306 g/mol. The fraction of sp³-hybridized carbons (Fsp3) is 0.625. The highest BCUT2D eigenvalue weighted by atomic mass is 16.2. The van der Waals surface area contributed by atoms with Crippen molar-refractivity contribution in [2.24, 2.45) is 5.41 Å². The number of carbonyl (C=O) groups is 4. The zero-order chi connectivity index (χ0) is 16.3. The molecule has 2 fully saturated rings. The molecule has 2 rings (SSSR count). The van der Waals surface area contributed by atoms with Crippen LogP contribution in [0.4, 0.5) is 4.79 Å². The molecule has 1 N–H and O–H groups in total. The van der Waals surface area contributed by atoms with E-state index in [9.17, 15) is 19.2 Å². The lowest BCUT2D eigenvalue weighted by Gasteiger charge is -2.42. The highest BCUT2D eigenvalue weighted by Crippen LogP contribution is 2.36. The second kappa shape index (κ2) is 6.42. The molecule has 1 saturated heterocycles. The highest BCUT2D eigenvalue weighted by Gasteiger charge is 2.55. The van der Waals surface area contributed by atoms with E-state index in [2.05, 4.69) is 11.9 Å². The van der Waals surface area contributed by atoms with Crippen molar-refractivity contribution in [2.45, 2.75) is 57.9 Å². The van der Waals surface area contributed by atoms with Crippen molar-refractivity contribution in [2.75, 3.05) is 0 Å². The molecular weight excluding hydrogens is 284 g/mol. The van der Waals surface area contributed by atoms with Gasteiger partial charge in [0.25, 0.3) is 0 Å². The first kappa shape index (κ1) is 16.4. The van der Waals surface area contributed by atoms with Crippen LogP contribution >= 0.6 is 0 Å². The predicted molar refractivity (Wildman–Crippen MR) is 79.8 cm³/mol. The summed E-state index contributed by atoms with van der Waals surface area (Å²) in [6, 6.07) is -0.851. The van der Waals surface area contributed by atoms with Crippen molar-refractivity contribution in [1.29, 1.82) is 0 Å². The van der Waals surface area contributed by atoms with Crippen molar-refractivity contribution in [3.8, 4) is 0 Å². The molecular formula is C16H22N2O4. The number of barbiturate groups is 1. The average Bonchev–Trinajstić information content (AvgIpc) is 2.46. The predicted octanol–water partition coefficient (Wildman–Crippen LogP) is 1.94. The lowest BCUT2D eigenvalue weighted by atomic mass is 9.75. The molecule has 0 bridgehead atoms. The van der Waals surface area contributed by atoms with Gasteiger partial charge in [-0.3, -0.25) is 24.6 Å². The number of urea groups is 1. The van der Waals surface area contributed by atoms with E-state index in [0.717, 1.165) is 32.1 Å². The van der Waals surface area contributed by atoms with Gasteiger partial charge in [0.15, 0.2) is 0 Å². The van der Waals surface area contributed by atoms with Crippen LogP contribution in [0.3, 0.4) is 0 Å². The number of amides is 4. The van der Waals surface area contributed by atoms with E-state index < -0.39 is 23.3 Å². The quantitative estimate of drug-likeness (QED) is 0.621. The van der Waals surface area contributed by atoms with Crippen molar-refractivity contribution in [3.05, 3.63) is 12.7 Å². The lowest BCUT2D eigenvalue weighted by Crippen LogP contribution is -2.66. The third kappa shape index (κ3) is 2.82. The van der Waals surface area contributed by atoms with Gasteiger partial charge in [-0.25, -0.2) is 4.79 Å². The Balaban J connectivity index is 2.37. The number of hydrogen-bond acceptors (Lipinski definition) is 4. The zero-order valence-electron chi connectivity index (χ0n) is 12.9. The molecule has 0 radical (unpaired) electrons. The van der Waals surface area contributed by atoms with Crippen LogP contribution in [0.1, 0.15) is 51.9 Å². The Bertz CT molecular complexity index is 522. The first-order valence-corrected chi connectivity index (χ1v) is 7.72. The van der Waals surface area contributed by atoms with E-state index in [4.69, 9.17) is 0 Å². The number of rotatable bonds is 5. The van der Waals surface area contributed by atoms with Crippen LogP contribution in [0.15, 0.2) is 12.7 Å². The standard InChI is InChI=1S/C16H22N2O4/c1-3-9-16(10-11(2)19)13(20)17-15(22)18(14(16)21)12-7-5-4-6-8-12/h3,12H,1,4-10H2,2H3,(H,17,20,22). The Hall–Kier alpha value is -1.98. The summed E-state index contributed by atoms with van der Waals surface area (Å²) in [5.74, 6) is -1.50. The van der Waals surface area contributed by atoms with Crippen LogP contribution in [0.25, 0.3) is 0 Å². The largest absolute Gasteiger partial charge is 0.331 e. The minimum atomic E-state index is -1.53. The molecule has 4 amide bonds. The molecule has 0 aromatic rings. The van der Waals surface area contributed by atoms with Gasteiger partial charge in [0.2, 0.25) is 11.8 Å². The molecule has 120 valence electrons. The van der Waals surface area contributed by atoms with Crippen molar-refractivity contribution < 1.29 is 19.2 Å². The molecule has 1 unspecified atom stereocenters. The molecule has 1 aliphatic carbocycles. The first-order chi connectivity index (χ1) is 10.4. The highest BCUT2D eigenvalue weighted by molar-refractivity contribution is 6.20. The van der Waals surface area contributed by atoms with Crippen LogP contribution in [0.5, 0.6) is 0 Å². The third-order valence-electron chi connectivity index (χ3n) is 4.49. The van der Waals surface area contributed by atoms with E-state index in [1.54, 1.807) is 0 Å². The maximum Gasteiger partial charge on any atom is 0.331 e. The van der Waals surface area contributed by atoms with Gasteiger partial charge in [-0.05, 0) is 26.2 Å². The van der Waals surface area contributed by atoms with Crippen LogP contribution in [-0.4, -0.2) is 34.6 Å². The van der Waals surface area contributed by atoms with Crippen LogP contribution in [0, 0.1) is 5.41 Å². The summed E-state index contributed by atoms with van der Waals surface area (Å²) in [6.07, 6.45) is 5.79. The molecule has 0 spiro atoms. The second-order valence-electron chi connectivity index (χ2n) is 6.18. The Morgan fingerprint density at radius 2 is 1.95 bits per heavy atom. The Morgan fingerprint density at radius 3 is 2.50 bits per heavy atom. The number of hydrogen-bond donors (Lipinski definition) is 1. The van der Waals surface area contributed by atoms with Gasteiger partial charge in [-0.2, -0.15) is 0 Å². The Morgan fingerprint density at radius 1 is 1.32 bits per heavy atom. The molecule has 1 heterocycles. The summed E-state index contributed by atoms with van der Waals surface area (Å²) < 4.78 is 0. The van der Waals surface area contributed by atoms with Gasteiger partial charge in [0.05, 0.1) is 0 Å². The molecule has 0 aromatic heterocycles. The summed E-state index contributed by atoms with van der Waals surface area (Å²) >= 11 is 0. The van der Waals surface area contributed by atoms with E-state index in [0.29, 0.717) is 0 Å².